The molecule has 1 amide bonds. The van der Waals surface area contributed by atoms with Crippen molar-refractivity contribution >= 4 is 34.1 Å². The molecule has 4 nitrogen and oxygen atoms in total. The van der Waals surface area contributed by atoms with Crippen LogP contribution in [-0.2, 0) is 6.42 Å². The van der Waals surface area contributed by atoms with Gasteiger partial charge in [0.05, 0.1) is 5.56 Å². The highest BCUT2D eigenvalue weighted by molar-refractivity contribution is 7.99. The van der Waals surface area contributed by atoms with Crippen molar-refractivity contribution in [3.63, 3.8) is 0 Å². The van der Waals surface area contributed by atoms with Crippen LogP contribution >= 0.6 is 23.1 Å². The van der Waals surface area contributed by atoms with E-state index in [0.29, 0.717) is 16.9 Å². The van der Waals surface area contributed by atoms with E-state index < -0.39 is 11.7 Å². The van der Waals surface area contributed by atoms with Crippen LogP contribution in [0.1, 0.15) is 22.3 Å². The number of alkyl halides is 2. The molecule has 0 radical (unpaired) electrons. The number of hydrogen-bond donors (Lipinski definition) is 1. The Bertz CT molecular complexity index is 604. The van der Waals surface area contributed by atoms with Crippen LogP contribution in [0.5, 0.6) is 0 Å². The average Bonchev–Trinajstić information content (AvgIpc) is 2.86. The van der Waals surface area contributed by atoms with Gasteiger partial charge < -0.3 is 0 Å². The fourth-order valence-electron chi connectivity index (χ4n) is 1.46. The van der Waals surface area contributed by atoms with E-state index in [1.165, 1.54) is 23.5 Å². The Hall–Kier alpha value is -1.54. The summed E-state index contributed by atoms with van der Waals surface area (Å²) in [6.07, 6.45) is 0.728. The predicted octanol–water partition coefficient (Wildman–Crippen LogP) is 3.67. The summed E-state index contributed by atoms with van der Waals surface area (Å²) >= 11 is 1.61. The molecule has 2 aromatic rings. The lowest BCUT2D eigenvalue weighted by molar-refractivity contribution is 0.102. The highest BCUT2D eigenvalue weighted by Gasteiger charge is 2.16. The summed E-state index contributed by atoms with van der Waals surface area (Å²) in [6.45, 7) is 1.93. The first-order chi connectivity index (χ1) is 9.60. The molecule has 1 aromatic heterocycles. The normalized spacial score (nSPS) is 10.8. The van der Waals surface area contributed by atoms with Gasteiger partial charge in [-0.2, -0.15) is 8.78 Å². The lowest BCUT2D eigenvalue weighted by Gasteiger charge is -2.07. The number of amides is 1. The Morgan fingerprint density at radius 1 is 1.40 bits per heavy atom. The Balaban J connectivity index is 2.16. The number of aromatic nitrogens is 2. The quantitative estimate of drug-likeness (QED) is 0.855. The highest BCUT2D eigenvalue weighted by atomic mass is 32.2. The third-order valence-electron chi connectivity index (χ3n) is 2.34. The standard InChI is InChI=1S/C12H11F2N3OS2/c1-2-9-16-17-12(20-9)15-10(18)7-5-3-4-6-8(7)19-11(13)14/h3-6,11H,2H2,1H3,(H,15,17,18). The van der Waals surface area contributed by atoms with Gasteiger partial charge in [0.2, 0.25) is 5.13 Å². The van der Waals surface area contributed by atoms with E-state index in [1.807, 2.05) is 6.92 Å². The first kappa shape index (κ1) is 14.9. The number of hydrogen-bond acceptors (Lipinski definition) is 5. The minimum atomic E-state index is -2.57. The number of nitrogens with zero attached hydrogens (tertiary/aromatic N) is 2. The minimum absolute atomic E-state index is 0.200. The molecule has 0 aliphatic heterocycles. The molecule has 1 aromatic carbocycles. The van der Waals surface area contributed by atoms with E-state index in [2.05, 4.69) is 15.5 Å². The lowest BCUT2D eigenvalue weighted by Crippen LogP contribution is -2.13. The smallest absolute Gasteiger partial charge is 0.288 e. The van der Waals surface area contributed by atoms with Crippen LogP contribution in [-0.4, -0.2) is 21.9 Å². The first-order valence-corrected chi connectivity index (χ1v) is 7.47. The number of carbonyl (C=O) groups is 1. The fourth-order valence-corrected chi connectivity index (χ4v) is 2.78. The van der Waals surface area contributed by atoms with Crippen LogP contribution in [0.3, 0.4) is 0 Å². The van der Waals surface area contributed by atoms with Crippen molar-refractivity contribution in [3.8, 4) is 0 Å². The monoisotopic (exact) mass is 315 g/mol. The summed E-state index contributed by atoms with van der Waals surface area (Å²) in [5, 5.41) is 11.4. The van der Waals surface area contributed by atoms with Gasteiger partial charge in [0.25, 0.3) is 11.7 Å². The zero-order chi connectivity index (χ0) is 14.5. The SMILES string of the molecule is CCc1nnc(NC(=O)c2ccccc2SC(F)F)s1. The molecule has 0 unspecified atom stereocenters. The molecule has 0 saturated heterocycles. The second kappa shape index (κ2) is 6.76. The van der Waals surface area contributed by atoms with Gasteiger partial charge in [-0.15, -0.1) is 10.2 Å². The molecule has 8 heteroatoms. The van der Waals surface area contributed by atoms with Crippen molar-refractivity contribution in [1.82, 2.24) is 10.2 Å². The lowest BCUT2D eigenvalue weighted by atomic mass is 10.2. The van der Waals surface area contributed by atoms with Crippen molar-refractivity contribution in [2.24, 2.45) is 0 Å². The summed E-state index contributed by atoms with van der Waals surface area (Å²) in [6, 6.07) is 6.23. The molecule has 0 aliphatic rings. The molecular formula is C12H11F2N3OS2. The summed E-state index contributed by atoms with van der Waals surface area (Å²) in [7, 11) is 0. The molecule has 20 heavy (non-hydrogen) atoms. The minimum Gasteiger partial charge on any atom is -0.296 e. The number of halogens is 2. The van der Waals surface area contributed by atoms with Crippen LogP contribution in [0.4, 0.5) is 13.9 Å². The van der Waals surface area contributed by atoms with Crippen LogP contribution in [0, 0.1) is 0 Å². The largest absolute Gasteiger partial charge is 0.296 e. The predicted molar refractivity (Wildman–Crippen MR) is 75.5 cm³/mol. The van der Waals surface area contributed by atoms with Crippen molar-refractivity contribution in [2.45, 2.75) is 24.0 Å². The van der Waals surface area contributed by atoms with Gasteiger partial charge in [-0.05, 0) is 18.6 Å². The third-order valence-corrected chi connectivity index (χ3v) is 4.11. The summed E-state index contributed by atoms with van der Waals surface area (Å²) in [5.41, 5.74) is 0.200. The Morgan fingerprint density at radius 2 is 2.15 bits per heavy atom. The molecule has 106 valence electrons. The maximum absolute atomic E-state index is 12.5. The Morgan fingerprint density at radius 3 is 2.80 bits per heavy atom. The number of benzene rings is 1. The van der Waals surface area contributed by atoms with Crippen LogP contribution < -0.4 is 5.32 Å². The molecule has 0 aliphatic carbocycles. The highest BCUT2D eigenvalue weighted by Crippen LogP contribution is 2.29. The van der Waals surface area contributed by atoms with Crippen LogP contribution in [0.2, 0.25) is 0 Å². The fraction of sp³-hybridized carbons (Fsp3) is 0.250. The molecule has 0 atom stereocenters. The number of aryl methyl sites for hydroxylation is 1. The second-order valence-corrected chi connectivity index (χ2v) is 5.78. The average molecular weight is 315 g/mol. The molecule has 0 spiro atoms. The molecule has 0 fully saturated rings. The van der Waals surface area contributed by atoms with Gasteiger partial charge in [-0.3, -0.25) is 10.1 Å². The van der Waals surface area contributed by atoms with Gasteiger partial charge in [0, 0.05) is 4.90 Å². The van der Waals surface area contributed by atoms with Crippen LogP contribution in [0.15, 0.2) is 29.2 Å². The van der Waals surface area contributed by atoms with Crippen molar-refractivity contribution in [3.05, 3.63) is 34.8 Å². The second-order valence-electron chi connectivity index (χ2n) is 3.68. The maximum atomic E-state index is 12.5. The van der Waals surface area contributed by atoms with E-state index in [9.17, 15) is 13.6 Å². The maximum Gasteiger partial charge on any atom is 0.288 e. The van der Waals surface area contributed by atoms with Crippen molar-refractivity contribution in [2.75, 3.05) is 5.32 Å². The van der Waals surface area contributed by atoms with E-state index in [-0.39, 0.29) is 10.5 Å². The van der Waals surface area contributed by atoms with E-state index in [4.69, 9.17) is 0 Å². The van der Waals surface area contributed by atoms with Gasteiger partial charge >= 0.3 is 0 Å². The van der Waals surface area contributed by atoms with Gasteiger partial charge in [-0.1, -0.05) is 42.2 Å². The number of carbonyl (C=O) groups excluding carboxylic acids is 1. The Labute approximate surface area is 122 Å². The van der Waals surface area contributed by atoms with Crippen molar-refractivity contribution in [1.29, 1.82) is 0 Å². The molecule has 0 bridgehead atoms. The summed E-state index contributed by atoms with van der Waals surface area (Å²) in [4.78, 5) is 12.3. The summed E-state index contributed by atoms with van der Waals surface area (Å²) < 4.78 is 24.9. The third kappa shape index (κ3) is 3.73. The zero-order valence-corrected chi connectivity index (χ0v) is 12.1. The number of thioether (sulfide) groups is 1. The van der Waals surface area contributed by atoms with E-state index in [0.717, 1.165) is 11.4 Å². The topological polar surface area (TPSA) is 54.9 Å². The Kier molecular flexibility index (Phi) is 5.02. The molecular weight excluding hydrogens is 304 g/mol. The van der Waals surface area contributed by atoms with Gasteiger partial charge in [0.1, 0.15) is 5.01 Å². The molecule has 0 saturated carbocycles. The van der Waals surface area contributed by atoms with E-state index >= 15 is 0 Å². The molecule has 2 rings (SSSR count). The molecule has 1 N–H and O–H groups in total. The van der Waals surface area contributed by atoms with E-state index in [1.54, 1.807) is 12.1 Å². The molecule has 1 heterocycles. The van der Waals surface area contributed by atoms with Crippen molar-refractivity contribution < 1.29 is 13.6 Å². The summed E-state index contributed by atoms with van der Waals surface area (Å²) in [5.74, 6) is -3.04. The van der Waals surface area contributed by atoms with Gasteiger partial charge in [-0.25, -0.2) is 0 Å². The zero-order valence-electron chi connectivity index (χ0n) is 10.5. The van der Waals surface area contributed by atoms with Crippen LogP contribution in [0.25, 0.3) is 0 Å². The first-order valence-electron chi connectivity index (χ1n) is 5.77. The number of nitrogens with one attached hydrogen (secondary N) is 1. The number of anilines is 1. The van der Waals surface area contributed by atoms with Gasteiger partial charge in [0.15, 0.2) is 0 Å². The number of rotatable bonds is 5.